The lowest BCUT2D eigenvalue weighted by atomic mass is 9.79. The average molecular weight is 880 g/mol. The highest BCUT2D eigenvalue weighted by Crippen LogP contribution is 2.47. The van der Waals surface area contributed by atoms with Gasteiger partial charge in [0.25, 0.3) is 0 Å². The van der Waals surface area contributed by atoms with Crippen LogP contribution in [0.25, 0.3) is 94.3 Å². The third-order valence-corrected chi connectivity index (χ3v) is 13.6. The average Bonchev–Trinajstić information content (AvgIpc) is 3.87. The van der Waals surface area contributed by atoms with Gasteiger partial charge in [0.2, 0.25) is 0 Å². The SMILES string of the molecule is CC(C)(C)c1cc(-c2cccc3c2nc(-c2cc(C(C)(C)C)cc(C(C)(C)C)c2O)n3-c2ccc(C(C)(C)C)cc2-c2ccccc2)cc(-c2nccc3c2oc2c4ccccc4ccc32)c1. The predicted octanol–water partition coefficient (Wildman–Crippen LogP) is 17.0. The molecule has 1 N–H and O–H groups in total. The van der Waals surface area contributed by atoms with Gasteiger partial charge < -0.3 is 9.52 Å². The predicted molar refractivity (Wildman–Crippen MR) is 282 cm³/mol. The molecule has 3 aromatic heterocycles. The highest BCUT2D eigenvalue weighted by molar-refractivity contribution is 6.17. The molecule has 0 aliphatic carbocycles. The van der Waals surface area contributed by atoms with Crippen LogP contribution < -0.4 is 0 Å². The molecule has 67 heavy (non-hydrogen) atoms. The minimum atomic E-state index is -0.334. The molecule has 0 bridgehead atoms. The van der Waals surface area contributed by atoms with Crippen molar-refractivity contribution in [3.8, 4) is 56.3 Å². The van der Waals surface area contributed by atoms with Crippen LogP contribution in [0.3, 0.4) is 0 Å². The van der Waals surface area contributed by atoms with E-state index in [-0.39, 0.29) is 27.4 Å². The molecule has 10 rings (SSSR count). The Morgan fingerprint density at radius 1 is 0.478 bits per heavy atom. The van der Waals surface area contributed by atoms with Crippen LogP contribution in [-0.2, 0) is 21.7 Å². The molecule has 0 aliphatic heterocycles. The number of rotatable bonds is 5. The van der Waals surface area contributed by atoms with Crippen molar-refractivity contribution in [1.29, 1.82) is 0 Å². The van der Waals surface area contributed by atoms with E-state index in [1.807, 2.05) is 6.20 Å². The summed E-state index contributed by atoms with van der Waals surface area (Å²) in [6, 6.07) is 49.9. The van der Waals surface area contributed by atoms with Gasteiger partial charge in [0.05, 0.1) is 22.3 Å². The maximum atomic E-state index is 12.6. The van der Waals surface area contributed by atoms with Crippen molar-refractivity contribution in [2.45, 2.75) is 105 Å². The molecule has 0 spiro atoms. The second-order valence-corrected chi connectivity index (χ2v) is 22.6. The topological polar surface area (TPSA) is 64.1 Å². The molecule has 336 valence electrons. The van der Waals surface area contributed by atoms with E-state index in [1.165, 1.54) is 11.1 Å². The molecule has 5 nitrogen and oxygen atoms in total. The summed E-state index contributed by atoms with van der Waals surface area (Å²) in [4.78, 5) is 10.8. The fourth-order valence-corrected chi connectivity index (χ4v) is 9.60. The third-order valence-electron chi connectivity index (χ3n) is 13.6. The zero-order valence-electron chi connectivity index (χ0n) is 41.1. The van der Waals surface area contributed by atoms with Gasteiger partial charge in [-0.25, -0.2) is 4.98 Å². The quantitative estimate of drug-likeness (QED) is 0.187. The molecular weight excluding hydrogens is 819 g/mol. The number of aromatic hydroxyl groups is 1. The fraction of sp³-hybridized carbons (Fsp3) is 0.258. The van der Waals surface area contributed by atoms with E-state index in [4.69, 9.17) is 14.4 Å². The summed E-state index contributed by atoms with van der Waals surface area (Å²) in [7, 11) is 0. The van der Waals surface area contributed by atoms with Gasteiger partial charge in [0, 0.05) is 44.6 Å². The molecule has 0 atom stereocenters. The van der Waals surface area contributed by atoms with E-state index in [1.54, 1.807) is 0 Å². The van der Waals surface area contributed by atoms with E-state index in [2.05, 4.69) is 227 Å². The normalized spacial score (nSPS) is 12.8. The Balaban J connectivity index is 1.29. The largest absolute Gasteiger partial charge is 0.507 e. The van der Waals surface area contributed by atoms with Crippen molar-refractivity contribution in [2.24, 2.45) is 0 Å². The van der Waals surface area contributed by atoms with Gasteiger partial charge in [-0.2, -0.15) is 0 Å². The first kappa shape index (κ1) is 43.9. The number of benzene rings is 7. The van der Waals surface area contributed by atoms with Crippen LogP contribution in [0, 0.1) is 0 Å². The lowest BCUT2D eigenvalue weighted by Gasteiger charge is -2.28. The highest BCUT2D eigenvalue weighted by Gasteiger charge is 2.30. The Morgan fingerprint density at radius 3 is 1.85 bits per heavy atom. The molecule has 5 heteroatoms. The van der Waals surface area contributed by atoms with E-state index < -0.39 is 0 Å². The molecular formula is C62H61N3O2. The van der Waals surface area contributed by atoms with E-state index in [9.17, 15) is 5.11 Å². The van der Waals surface area contributed by atoms with E-state index in [0.29, 0.717) is 11.4 Å². The van der Waals surface area contributed by atoms with Crippen LogP contribution in [0.5, 0.6) is 5.75 Å². The summed E-state index contributed by atoms with van der Waals surface area (Å²) in [5, 5.41) is 16.9. The maximum absolute atomic E-state index is 12.6. The summed E-state index contributed by atoms with van der Waals surface area (Å²) in [6.45, 7) is 26.8. The highest BCUT2D eigenvalue weighted by atomic mass is 16.3. The summed E-state index contributed by atoms with van der Waals surface area (Å²) in [6.07, 6.45) is 1.90. The Morgan fingerprint density at radius 2 is 1.13 bits per heavy atom. The summed E-state index contributed by atoms with van der Waals surface area (Å²) < 4.78 is 9.15. The van der Waals surface area contributed by atoms with Crippen molar-refractivity contribution in [1.82, 2.24) is 14.5 Å². The van der Waals surface area contributed by atoms with Crippen LogP contribution in [-0.4, -0.2) is 19.6 Å². The van der Waals surface area contributed by atoms with Gasteiger partial charge in [0.1, 0.15) is 22.9 Å². The third kappa shape index (κ3) is 7.68. The van der Waals surface area contributed by atoms with Gasteiger partial charge in [-0.3, -0.25) is 9.55 Å². The van der Waals surface area contributed by atoms with Gasteiger partial charge in [-0.05, 0) is 103 Å². The second kappa shape index (κ2) is 15.6. The van der Waals surface area contributed by atoms with Crippen molar-refractivity contribution >= 4 is 43.7 Å². The Labute approximate surface area is 395 Å². The van der Waals surface area contributed by atoms with E-state index in [0.717, 1.165) is 94.1 Å². The Kier molecular flexibility index (Phi) is 10.2. The number of phenolic OH excluding ortho intramolecular Hbond substituents is 1. The van der Waals surface area contributed by atoms with Crippen molar-refractivity contribution in [3.05, 3.63) is 168 Å². The summed E-state index contributed by atoms with van der Waals surface area (Å²) >= 11 is 0. The molecule has 0 unspecified atom stereocenters. The molecule has 0 radical (unpaired) electrons. The Hall–Kier alpha value is -6.98. The van der Waals surface area contributed by atoms with Crippen LogP contribution in [0.4, 0.5) is 0 Å². The number of phenols is 1. The standard InChI is InChI=1S/C62H61N3O2/c1-59(2,3)41-26-28-51(48(34-41)37-19-14-13-15-20-37)65-52-24-18-23-44(54(52)64-58(65)49-35-43(61(7,8)9)36-50(55(49)66)62(10,11)12)39-31-40(33-42(32-39)60(4,5)6)53-57-47(29-30-63-53)46-27-25-38-21-16-17-22-45(38)56(46)67-57/h13-36,66H,1-12H3. The smallest absolute Gasteiger partial charge is 0.161 e. The number of fused-ring (bicyclic) bond motifs is 6. The van der Waals surface area contributed by atoms with Crippen molar-refractivity contribution < 1.29 is 9.52 Å². The number of furan rings is 1. The van der Waals surface area contributed by atoms with Crippen molar-refractivity contribution in [2.75, 3.05) is 0 Å². The first-order valence-corrected chi connectivity index (χ1v) is 23.6. The van der Waals surface area contributed by atoms with Crippen LogP contribution in [0.1, 0.15) is 105 Å². The van der Waals surface area contributed by atoms with Gasteiger partial charge in [-0.1, -0.05) is 174 Å². The number of hydrogen-bond donors (Lipinski definition) is 1. The van der Waals surface area contributed by atoms with Gasteiger partial charge in [0.15, 0.2) is 5.58 Å². The first-order valence-electron chi connectivity index (χ1n) is 23.6. The summed E-state index contributed by atoms with van der Waals surface area (Å²) in [5.41, 5.74) is 14.8. The number of hydrogen-bond acceptors (Lipinski definition) is 4. The lowest BCUT2D eigenvalue weighted by Crippen LogP contribution is -2.17. The number of para-hydroxylation sites is 1. The second-order valence-electron chi connectivity index (χ2n) is 22.6. The number of pyridine rings is 1. The monoisotopic (exact) mass is 879 g/mol. The number of aromatic nitrogens is 3. The summed E-state index contributed by atoms with van der Waals surface area (Å²) in [5.74, 6) is 0.936. The zero-order chi connectivity index (χ0) is 47.4. The Bertz CT molecular complexity index is 3560. The first-order chi connectivity index (χ1) is 31.7. The maximum Gasteiger partial charge on any atom is 0.161 e. The van der Waals surface area contributed by atoms with Crippen LogP contribution in [0.2, 0.25) is 0 Å². The lowest BCUT2D eigenvalue weighted by molar-refractivity contribution is 0.446. The molecule has 0 saturated heterocycles. The zero-order valence-corrected chi connectivity index (χ0v) is 41.1. The number of imidazole rings is 1. The molecule has 0 amide bonds. The molecule has 7 aromatic carbocycles. The van der Waals surface area contributed by atoms with Crippen molar-refractivity contribution in [3.63, 3.8) is 0 Å². The fourth-order valence-electron chi connectivity index (χ4n) is 9.60. The van der Waals surface area contributed by atoms with Gasteiger partial charge >= 0.3 is 0 Å². The van der Waals surface area contributed by atoms with Crippen LogP contribution >= 0.6 is 0 Å². The minimum absolute atomic E-state index is 0.0822. The number of nitrogens with zero attached hydrogens (tertiary/aromatic N) is 3. The molecule has 0 saturated carbocycles. The van der Waals surface area contributed by atoms with Crippen LogP contribution in [0.15, 0.2) is 150 Å². The van der Waals surface area contributed by atoms with E-state index >= 15 is 0 Å². The molecule has 0 fully saturated rings. The molecule has 10 aromatic rings. The molecule has 3 heterocycles. The minimum Gasteiger partial charge on any atom is -0.507 e. The van der Waals surface area contributed by atoms with Gasteiger partial charge in [-0.15, -0.1) is 0 Å². The molecule has 0 aliphatic rings.